The highest BCUT2D eigenvalue weighted by Gasteiger charge is 2.27. The summed E-state index contributed by atoms with van der Waals surface area (Å²) >= 11 is 0. The number of carbonyl (C=O) groups is 1. The number of rotatable bonds is 6. The van der Waals surface area contributed by atoms with Crippen LogP contribution in [0.1, 0.15) is 53.4 Å². The lowest BCUT2D eigenvalue weighted by molar-refractivity contribution is -0.125. The first-order chi connectivity index (χ1) is 8.93. The fraction of sp³-hybridized carbons (Fsp3) is 0.933. The molecule has 1 saturated heterocycles. The average molecular weight is 307 g/mol. The van der Waals surface area contributed by atoms with Crippen LogP contribution in [0.15, 0.2) is 0 Å². The molecule has 20 heavy (non-hydrogen) atoms. The van der Waals surface area contributed by atoms with Gasteiger partial charge in [-0.3, -0.25) is 4.79 Å². The smallest absolute Gasteiger partial charge is 0.237 e. The first kappa shape index (κ1) is 19.7. The molecule has 1 amide bonds. The molecule has 1 fully saturated rings. The third-order valence-corrected chi connectivity index (χ3v) is 4.01. The molecule has 0 spiro atoms. The fourth-order valence-corrected chi connectivity index (χ4v) is 2.51. The van der Waals surface area contributed by atoms with E-state index >= 15 is 0 Å². The minimum Gasteiger partial charge on any atom is -0.378 e. The number of hydrogen-bond acceptors (Lipinski definition) is 3. The molecule has 1 aliphatic heterocycles. The van der Waals surface area contributed by atoms with Gasteiger partial charge in [-0.15, -0.1) is 12.4 Å². The molecular weight excluding hydrogens is 276 g/mol. The zero-order valence-electron chi connectivity index (χ0n) is 13.2. The summed E-state index contributed by atoms with van der Waals surface area (Å²) in [5, 5.41) is 3.09. The second kappa shape index (κ2) is 9.59. The van der Waals surface area contributed by atoms with Crippen molar-refractivity contribution in [2.45, 2.75) is 71.6 Å². The van der Waals surface area contributed by atoms with Gasteiger partial charge in [-0.05, 0) is 31.1 Å². The van der Waals surface area contributed by atoms with E-state index < -0.39 is 6.04 Å². The number of amides is 1. The van der Waals surface area contributed by atoms with E-state index in [9.17, 15) is 4.79 Å². The van der Waals surface area contributed by atoms with Gasteiger partial charge in [-0.25, -0.2) is 0 Å². The van der Waals surface area contributed by atoms with Gasteiger partial charge in [-0.1, -0.05) is 34.1 Å². The Morgan fingerprint density at radius 2 is 2.05 bits per heavy atom. The highest BCUT2D eigenvalue weighted by molar-refractivity contribution is 5.85. The summed E-state index contributed by atoms with van der Waals surface area (Å²) in [4.78, 5) is 12.1. The quantitative estimate of drug-likeness (QED) is 0.792. The first-order valence-corrected chi connectivity index (χ1v) is 7.61. The summed E-state index contributed by atoms with van der Waals surface area (Å²) in [7, 11) is 0. The number of ether oxygens (including phenoxy) is 1. The maximum Gasteiger partial charge on any atom is 0.237 e. The van der Waals surface area contributed by atoms with E-state index in [1.54, 1.807) is 0 Å². The topological polar surface area (TPSA) is 64.4 Å². The van der Waals surface area contributed by atoms with Gasteiger partial charge in [0.15, 0.2) is 0 Å². The molecule has 0 aromatic rings. The van der Waals surface area contributed by atoms with Gasteiger partial charge in [0.05, 0.1) is 12.1 Å². The van der Waals surface area contributed by atoms with Crippen LogP contribution in [0.25, 0.3) is 0 Å². The van der Waals surface area contributed by atoms with E-state index in [1.165, 1.54) is 0 Å². The molecule has 4 unspecified atom stereocenters. The molecule has 0 saturated carbocycles. The van der Waals surface area contributed by atoms with E-state index in [0.29, 0.717) is 5.92 Å². The summed E-state index contributed by atoms with van der Waals surface area (Å²) < 4.78 is 5.75. The molecule has 4 atom stereocenters. The van der Waals surface area contributed by atoms with E-state index in [0.717, 1.165) is 32.3 Å². The minimum atomic E-state index is -0.392. The number of carbonyl (C=O) groups excluding carboxylic acids is 1. The number of hydrogen-bond donors (Lipinski definition) is 2. The molecule has 5 heteroatoms. The zero-order chi connectivity index (χ0) is 14.4. The fourth-order valence-electron chi connectivity index (χ4n) is 2.51. The molecule has 4 nitrogen and oxygen atoms in total. The van der Waals surface area contributed by atoms with Gasteiger partial charge in [0.25, 0.3) is 0 Å². The second-order valence-corrected chi connectivity index (χ2v) is 6.26. The Labute approximate surface area is 129 Å². The molecule has 0 aromatic heterocycles. The molecule has 3 N–H and O–H groups in total. The summed E-state index contributed by atoms with van der Waals surface area (Å²) in [5.74, 6) is 0.845. The van der Waals surface area contributed by atoms with Crippen molar-refractivity contribution in [3.8, 4) is 0 Å². The van der Waals surface area contributed by atoms with Crippen molar-refractivity contribution >= 4 is 18.3 Å². The normalized spacial score (nSPS) is 25.7. The van der Waals surface area contributed by atoms with Crippen LogP contribution in [-0.4, -0.2) is 30.7 Å². The van der Waals surface area contributed by atoms with E-state index in [-0.39, 0.29) is 36.4 Å². The molecule has 120 valence electrons. The second-order valence-electron chi connectivity index (χ2n) is 6.26. The number of nitrogens with two attached hydrogens (primary N) is 1. The summed E-state index contributed by atoms with van der Waals surface area (Å²) in [6, 6.07) is -0.170. The first-order valence-electron chi connectivity index (χ1n) is 7.61. The lowest BCUT2D eigenvalue weighted by atomic mass is 9.95. The highest BCUT2D eigenvalue weighted by Crippen LogP contribution is 2.20. The minimum absolute atomic E-state index is 0. The predicted octanol–water partition coefficient (Wildman–Crippen LogP) is 2.49. The Kier molecular flexibility index (Phi) is 9.43. The monoisotopic (exact) mass is 306 g/mol. The zero-order valence-corrected chi connectivity index (χ0v) is 14.0. The van der Waals surface area contributed by atoms with Gasteiger partial charge in [0.1, 0.15) is 0 Å². The standard InChI is InChI=1S/C15H30N2O2.ClH/c1-5-11(4)14(16)15(18)17-12-6-7-19-13(9-12)8-10(2)3;/h10-14H,5-9,16H2,1-4H3,(H,17,18);1H. The summed E-state index contributed by atoms with van der Waals surface area (Å²) in [6.45, 7) is 9.22. The lowest BCUT2D eigenvalue weighted by Crippen LogP contribution is -2.50. The van der Waals surface area contributed by atoms with Crippen molar-refractivity contribution in [1.82, 2.24) is 5.32 Å². The van der Waals surface area contributed by atoms with Crippen molar-refractivity contribution in [3.05, 3.63) is 0 Å². The van der Waals surface area contributed by atoms with E-state index in [1.807, 2.05) is 6.92 Å². The Morgan fingerprint density at radius 1 is 1.40 bits per heavy atom. The van der Waals surface area contributed by atoms with Crippen LogP contribution in [-0.2, 0) is 9.53 Å². The third-order valence-electron chi connectivity index (χ3n) is 4.01. The van der Waals surface area contributed by atoms with Crippen LogP contribution in [0.3, 0.4) is 0 Å². The molecule has 0 aliphatic carbocycles. The molecule has 1 rings (SSSR count). The largest absolute Gasteiger partial charge is 0.378 e. The molecule has 1 heterocycles. The van der Waals surface area contributed by atoms with Crippen LogP contribution < -0.4 is 11.1 Å². The Hall–Kier alpha value is -0.320. The van der Waals surface area contributed by atoms with Crippen molar-refractivity contribution in [2.75, 3.05) is 6.61 Å². The average Bonchev–Trinajstić information content (AvgIpc) is 2.36. The van der Waals surface area contributed by atoms with Crippen LogP contribution in [0, 0.1) is 11.8 Å². The molecule has 0 radical (unpaired) electrons. The lowest BCUT2D eigenvalue weighted by Gasteiger charge is -2.32. The van der Waals surface area contributed by atoms with E-state index in [4.69, 9.17) is 10.5 Å². The van der Waals surface area contributed by atoms with E-state index in [2.05, 4.69) is 26.1 Å². The van der Waals surface area contributed by atoms with Gasteiger partial charge < -0.3 is 15.8 Å². The van der Waals surface area contributed by atoms with Gasteiger partial charge in [0.2, 0.25) is 5.91 Å². The Morgan fingerprint density at radius 3 is 2.60 bits per heavy atom. The van der Waals surface area contributed by atoms with Crippen LogP contribution in [0.2, 0.25) is 0 Å². The SMILES string of the molecule is CCC(C)C(N)C(=O)NC1CCOC(CC(C)C)C1.Cl. The molecule has 1 aliphatic rings. The van der Waals surface area contributed by atoms with Crippen LogP contribution >= 0.6 is 12.4 Å². The number of nitrogens with one attached hydrogen (secondary N) is 1. The Balaban J connectivity index is 0.00000361. The molecular formula is C15H31ClN2O2. The maximum absolute atomic E-state index is 12.1. The Bertz CT molecular complexity index is 287. The van der Waals surface area contributed by atoms with Crippen molar-refractivity contribution in [1.29, 1.82) is 0 Å². The predicted molar refractivity (Wildman–Crippen MR) is 85.0 cm³/mol. The summed E-state index contributed by atoms with van der Waals surface area (Å²) in [5.41, 5.74) is 5.96. The van der Waals surface area contributed by atoms with Crippen molar-refractivity contribution in [2.24, 2.45) is 17.6 Å². The maximum atomic E-state index is 12.1. The number of halogens is 1. The molecule has 0 aromatic carbocycles. The van der Waals surface area contributed by atoms with Gasteiger partial charge in [-0.2, -0.15) is 0 Å². The molecule has 0 bridgehead atoms. The summed E-state index contributed by atoms with van der Waals surface area (Å²) in [6.07, 6.45) is 4.08. The third kappa shape index (κ3) is 6.42. The van der Waals surface area contributed by atoms with Crippen LogP contribution in [0.4, 0.5) is 0 Å². The van der Waals surface area contributed by atoms with Crippen molar-refractivity contribution in [3.63, 3.8) is 0 Å². The van der Waals surface area contributed by atoms with Gasteiger partial charge >= 0.3 is 0 Å². The van der Waals surface area contributed by atoms with Gasteiger partial charge in [0, 0.05) is 12.6 Å². The van der Waals surface area contributed by atoms with Crippen molar-refractivity contribution < 1.29 is 9.53 Å². The highest BCUT2D eigenvalue weighted by atomic mass is 35.5. The van der Waals surface area contributed by atoms with Crippen LogP contribution in [0.5, 0.6) is 0 Å².